The van der Waals surface area contributed by atoms with Crippen LogP contribution in [0.3, 0.4) is 0 Å². The lowest BCUT2D eigenvalue weighted by atomic mass is 9.89. The molecule has 1 heterocycles. The summed E-state index contributed by atoms with van der Waals surface area (Å²) < 4.78 is 19.2. The zero-order chi connectivity index (χ0) is 27.9. The van der Waals surface area contributed by atoms with Crippen LogP contribution in [0.4, 0.5) is 0 Å². The van der Waals surface area contributed by atoms with E-state index in [4.69, 9.17) is 14.2 Å². The normalized spacial score (nSPS) is 11.3. The van der Waals surface area contributed by atoms with Crippen molar-refractivity contribution in [2.75, 3.05) is 55.1 Å². The molecule has 0 spiro atoms. The molecule has 0 saturated heterocycles. The summed E-state index contributed by atoms with van der Waals surface area (Å²) in [6.45, 7) is 6.11. The van der Waals surface area contributed by atoms with Crippen molar-refractivity contribution in [3.63, 3.8) is 0 Å². The number of thiophene rings is 1. The molecule has 0 bridgehead atoms. The second kappa shape index (κ2) is 12.9. The lowest BCUT2D eigenvalue weighted by Crippen LogP contribution is -2.19. The first-order chi connectivity index (χ1) is 18.8. The molecular weight excluding hydrogens is 508 g/mol. The van der Waals surface area contributed by atoms with E-state index >= 15 is 0 Å². The largest absolute Gasteiger partial charge is 0.496 e. The maximum absolute atomic E-state index is 14.4. The summed E-state index contributed by atoms with van der Waals surface area (Å²) >= 11 is 1.56. The molecule has 0 saturated carbocycles. The number of nitrogens with zero attached hydrogens (tertiary/aromatic N) is 2. The van der Waals surface area contributed by atoms with Crippen LogP contribution in [-0.4, -0.2) is 70.6 Å². The van der Waals surface area contributed by atoms with Gasteiger partial charge in [0.25, 0.3) is 0 Å². The Hall–Kier alpha value is -3.65. The van der Waals surface area contributed by atoms with E-state index in [1.165, 1.54) is 0 Å². The number of rotatable bonds is 13. The van der Waals surface area contributed by atoms with E-state index in [1.807, 2.05) is 88.2 Å². The highest BCUT2D eigenvalue weighted by atomic mass is 32.1. The van der Waals surface area contributed by atoms with Crippen molar-refractivity contribution < 1.29 is 19.0 Å². The zero-order valence-corrected chi connectivity index (χ0v) is 24.1. The van der Waals surface area contributed by atoms with Gasteiger partial charge in [0, 0.05) is 45.2 Å². The molecule has 0 unspecified atom stereocenters. The third-order valence-corrected chi connectivity index (χ3v) is 7.23. The van der Waals surface area contributed by atoms with Crippen molar-refractivity contribution >= 4 is 27.2 Å². The number of fused-ring (bicyclic) bond motifs is 1. The van der Waals surface area contributed by atoms with Gasteiger partial charge in [-0.3, -0.25) is 4.79 Å². The Kier molecular flexibility index (Phi) is 9.41. The van der Waals surface area contributed by atoms with Gasteiger partial charge in [-0.2, -0.15) is 0 Å². The number of carbonyl (C=O) groups is 1. The summed E-state index contributed by atoms with van der Waals surface area (Å²) in [5, 5.41) is 2.85. The van der Waals surface area contributed by atoms with E-state index in [0.717, 1.165) is 33.5 Å². The summed E-state index contributed by atoms with van der Waals surface area (Å²) in [4.78, 5) is 18.5. The van der Waals surface area contributed by atoms with E-state index < -0.39 is 0 Å². The van der Waals surface area contributed by atoms with Crippen molar-refractivity contribution in [3.8, 4) is 28.4 Å². The predicted molar refractivity (Wildman–Crippen MR) is 161 cm³/mol. The third kappa shape index (κ3) is 6.50. The van der Waals surface area contributed by atoms with Crippen molar-refractivity contribution in [3.05, 3.63) is 89.3 Å². The van der Waals surface area contributed by atoms with Gasteiger partial charge in [-0.05, 0) is 58.0 Å². The number of hydrogen-bond acceptors (Lipinski definition) is 7. The number of methoxy groups -OCH3 is 1. The fraction of sp³-hybridized carbons (Fsp3) is 0.281. The molecule has 0 N–H and O–H groups in total. The maximum atomic E-state index is 14.4. The lowest BCUT2D eigenvalue weighted by Gasteiger charge is -2.23. The Morgan fingerprint density at radius 1 is 1.00 bits per heavy atom. The van der Waals surface area contributed by atoms with Crippen molar-refractivity contribution in [1.29, 1.82) is 0 Å². The monoisotopic (exact) mass is 544 g/mol. The summed E-state index contributed by atoms with van der Waals surface area (Å²) in [6, 6.07) is 17.7. The molecule has 0 fully saturated rings. The van der Waals surface area contributed by atoms with Gasteiger partial charge in [-0.15, -0.1) is 11.3 Å². The summed E-state index contributed by atoms with van der Waals surface area (Å²) in [6.07, 6.45) is 1.68. The molecular formula is C32H36N2O4S. The minimum atomic E-state index is -0.109. The second-order valence-electron chi connectivity index (χ2n) is 9.81. The fourth-order valence-electron chi connectivity index (χ4n) is 4.50. The topological polar surface area (TPSA) is 51.2 Å². The number of ether oxygens (including phenoxy) is 3. The number of carbonyl (C=O) groups excluding carboxylic acids is 1. The SMILES string of the molecule is C=CCOc1cc(CN(C)C)c(OC)c(-c2ccc(OCCN(C)C)cc2)c1C(=O)c1csc2ccccc12. The van der Waals surface area contributed by atoms with Crippen molar-refractivity contribution in [2.24, 2.45) is 0 Å². The van der Waals surface area contributed by atoms with Gasteiger partial charge in [0.05, 0.1) is 12.7 Å². The number of benzene rings is 3. The summed E-state index contributed by atoms with van der Waals surface area (Å²) in [7, 11) is 9.68. The predicted octanol–water partition coefficient (Wildman–Crippen LogP) is 6.37. The van der Waals surface area contributed by atoms with Gasteiger partial charge in [-0.1, -0.05) is 43.0 Å². The van der Waals surface area contributed by atoms with E-state index in [-0.39, 0.29) is 12.4 Å². The molecule has 6 nitrogen and oxygen atoms in total. The first-order valence-corrected chi connectivity index (χ1v) is 13.7. The molecule has 0 atom stereocenters. The minimum absolute atomic E-state index is 0.109. The average molecular weight is 545 g/mol. The van der Waals surface area contributed by atoms with Crippen LogP contribution in [0.25, 0.3) is 21.2 Å². The number of ketones is 1. The van der Waals surface area contributed by atoms with Crippen LogP contribution in [0.5, 0.6) is 17.2 Å². The van der Waals surface area contributed by atoms with E-state index in [0.29, 0.717) is 41.3 Å². The number of likely N-dealkylation sites (N-methyl/N-ethyl adjacent to an activating group) is 1. The molecule has 0 aliphatic carbocycles. The quantitative estimate of drug-likeness (QED) is 0.144. The zero-order valence-electron chi connectivity index (χ0n) is 23.3. The molecule has 1 aromatic heterocycles. The Morgan fingerprint density at radius 3 is 2.41 bits per heavy atom. The van der Waals surface area contributed by atoms with Gasteiger partial charge >= 0.3 is 0 Å². The third-order valence-electron chi connectivity index (χ3n) is 6.27. The van der Waals surface area contributed by atoms with Gasteiger partial charge < -0.3 is 24.0 Å². The van der Waals surface area contributed by atoms with Crippen LogP contribution < -0.4 is 14.2 Å². The molecule has 0 aliphatic rings. The summed E-state index contributed by atoms with van der Waals surface area (Å²) in [5.74, 6) is 1.82. The van der Waals surface area contributed by atoms with E-state index in [1.54, 1.807) is 24.5 Å². The highest BCUT2D eigenvalue weighted by Crippen LogP contribution is 2.44. The lowest BCUT2D eigenvalue weighted by molar-refractivity contribution is 0.103. The molecule has 0 radical (unpaired) electrons. The molecule has 0 amide bonds. The van der Waals surface area contributed by atoms with Crippen LogP contribution in [0, 0.1) is 0 Å². The van der Waals surface area contributed by atoms with Crippen LogP contribution in [0.2, 0.25) is 0 Å². The Labute approximate surface area is 235 Å². The Balaban J connectivity index is 1.92. The molecule has 7 heteroatoms. The smallest absolute Gasteiger partial charge is 0.198 e. The first-order valence-electron chi connectivity index (χ1n) is 12.8. The second-order valence-corrected chi connectivity index (χ2v) is 10.7. The number of hydrogen-bond donors (Lipinski definition) is 0. The van der Waals surface area contributed by atoms with Gasteiger partial charge in [0.2, 0.25) is 0 Å². The Morgan fingerprint density at radius 2 is 1.74 bits per heavy atom. The maximum Gasteiger partial charge on any atom is 0.198 e. The van der Waals surface area contributed by atoms with Gasteiger partial charge in [0.15, 0.2) is 5.78 Å². The van der Waals surface area contributed by atoms with E-state index in [9.17, 15) is 4.79 Å². The summed E-state index contributed by atoms with van der Waals surface area (Å²) in [5.41, 5.74) is 3.59. The van der Waals surface area contributed by atoms with Gasteiger partial charge in [-0.25, -0.2) is 0 Å². The molecule has 4 rings (SSSR count). The molecule has 4 aromatic rings. The minimum Gasteiger partial charge on any atom is -0.496 e. The Bertz CT molecular complexity index is 1440. The highest BCUT2D eigenvalue weighted by Gasteiger charge is 2.28. The molecule has 204 valence electrons. The van der Waals surface area contributed by atoms with Crippen LogP contribution in [0.15, 0.2) is 72.6 Å². The highest BCUT2D eigenvalue weighted by molar-refractivity contribution is 7.17. The van der Waals surface area contributed by atoms with E-state index in [2.05, 4.69) is 16.4 Å². The first kappa shape index (κ1) is 28.4. The molecule has 3 aromatic carbocycles. The van der Waals surface area contributed by atoms with Crippen molar-refractivity contribution in [1.82, 2.24) is 9.80 Å². The molecule has 0 aliphatic heterocycles. The fourth-order valence-corrected chi connectivity index (χ4v) is 5.44. The average Bonchev–Trinajstić information content (AvgIpc) is 3.35. The standard InChI is InChI=1S/C32H36N2O4S/c1-7-17-38-27-19-23(20-34(4)5)32(36-6)29(22-12-14-24(15-13-22)37-18-16-33(2)3)30(27)31(35)26-21-39-28-11-9-8-10-25(26)28/h7-15,19,21H,1,16-18,20H2,2-6H3. The van der Waals surface area contributed by atoms with Crippen LogP contribution in [0.1, 0.15) is 21.5 Å². The van der Waals surface area contributed by atoms with Gasteiger partial charge in [0.1, 0.15) is 30.5 Å². The van der Waals surface area contributed by atoms with Crippen molar-refractivity contribution in [2.45, 2.75) is 6.54 Å². The molecule has 39 heavy (non-hydrogen) atoms. The van der Waals surface area contributed by atoms with Crippen LogP contribution in [-0.2, 0) is 6.54 Å². The van der Waals surface area contributed by atoms with Crippen LogP contribution >= 0.6 is 11.3 Å².